The minimum atomic E-state index is -0.304. The molecular weight excluding hydrogens is 250 g/mol. The Kier molecular flexibility index (Phi) is 6.02. The lowest BCUT2D eigenvalue weighted by Gasteiger charge is -2.30. The van der Waals surface area contributed by atoms with E-state index in [1.807, 2.05) is 0 Å². The van der Waals surface area contributed by atoms with Crippen molar-refractivity contribution in [2.24, 2.45) is 5.73 Å². The first-order chi connectivity index (χ1) is 9.31. The summed E-state index contributed by atoms with van der Waals surface area (Å²) in [6, 6.07) is 6.97. The third-order valence-corrected chi connectivity index (χ3v) is 3.19. The molecule has 20 heavy (non-hydrogen) atoms. The molecule has 0 aromatic heterocycles. The Labute approximate surface area is 122 Å². The predicted molar refractivity (Wildman–Crippen MR) is 84.8 cm³/mol. The van der Waals surface area contributed by atoms with Crippen LogP contribution in [0.25, 0.3) is 0 Å². The van der Waals surface area contributed by atoms with E-state index in [1.54, 1.807) is 0 Å². The lowest BCUT2D eigenvalue weighted by molar-refractivity contribution is -0.116. The molecule has 0 saturated carbocycles. The van der Waals surface area contributed by atoms with Gasteiger partial charge in [0.2, 0.25) is 5.91 Å². The average molecular weight is 277 g/mol. The maximum Gasteiger partial charge on any atom is 0.236 e. The maximum absolute atomic E-state index is 11.3. The molecule has 0 saturated heterocycles. The zero-order valence-corrected chi connectivity index (χ0v) is 13.2. The first-order valence-electron chi connectivity index (χ1n) is 7.19. The largest absolute Gasteiger partial charge is 0.368 e. The number of anilines is 1. The van der Waals surface area contributed by atoms with Crippen LogP contribution in [-0.2, 0) is 11.3 Å². The van der Waals surface area contributed by atoms with Gasteiger partial charge in [0.25, 0.3) is 0 Å². The lowest BCUT2D eigenvalue weighted by atomic mass is 10.1. The van der Waals surface area contributed by atoms with Gasteiger partial charge >= 0.3 is 0 Å². The van der Waals surface area contributed by atoms with E-state index in [9.17, 15) is 4.79 Å². The molecule has 0 spiro atoms. The number of nitrogens with zero attached hydrogens (tertiary/aromatic N) is 1. The summed E-state index contributed by atoms with van der Waals surface area (Å²) >= 11 is 0. The third-order valence-electron chi connectivity index (χ3n) is 3.19. The smallest absolute Gasteiger partial charge is 0.236 e. The fourth-order valence-electron chi connectivity index (χ4n) is 2.16. The lowest BCUT2D eigenvalue weighted by Crippen LogP contribution is -2.39. The van der Waals surface area contributed by atoms with E-state index in [4.69, 9.17) is 5.73 Å². The van der Waals surface area contributed by atoms with Crippen molar-refractivity contribution < 1.29 is 4.79 Å². The second-order valence-electron chi connectivity index (χ2n) is 5.86. The Morgan fingerprint density at radius 3 is 2.45 bits per heavy atom. The monoisotopic (exact) mass is 277 g/mol. The molecule has 0 fully saturated rings. The molecule has 0 aliphatic heterocycles. The number of aryl methyl sites for hydroxylation is 1. The van der Waals surface area contributed by atoms with E-state index in [2.05, 4.69) is 63.0 Å². The van der Waals surface area contributed by atoms with Crippen molar-refractivity contribution in [2.45, 2.75) is 53.2 Å². The zero-order valence-electron chi connectivity index (χ0n) is 13.2. The van der Waals surface area contributed by atoms with Gasteiger partial charge in [-0.2, -0.15) is 0 Å². The summed E-state index contributed by atoms with van der Waals surface area (Å²) in [5.74, 6) is -0.304. The van der Waals surface area contributed by atoms with Crippen molar-refractivity contribution in [1.82, 2.24) is 5.32 Å². The molecular formula is C16H27N3O. The van der Waals surface area contributed by atoms with Gasteiger partial charge in [-0.3, -0.25) is 4.79 Å². The quantitative estimate of drug-likeness (QED) is 0.803. The molecule has 0 bridgehead atoms. The standard InChI is InChI=1S/C16H27N3O/c1-11(2)18-9-14-8-13(5)6-7-15(14)19(12(3)4)10-16(17)20/h6-8,11-12,18H,9-10H2,1-5H3,(H2,17,20). The van der Waals surface area contributed by atoms with Gasteiger partial charge in [-0.05, 0) is 32.4 Å². The normalized spacial score (nSPS) is 11.2. The number of carbonyl (C=O) groups excluding carboxylic acids is 1. The average Bonchev–Trinajstić information content (AvgIpc) is 2.33. The van der Waals surface area contributed by atoms with Crippen molar-refractivity contribution >= 4 is 11.6 Å². The van der Waals surface area contributed by atoms with E-state index >= 15 is 0 Å². The fraction of sp³-hybridized carbons (Fsp3) is 0.562. The number of primary amides is 1. The Hall–Kier alpha value is -1.55. The second-order valence-corrected chi connectivity index (χ2v) is 5.86. The molecule has 1 aromatic carbocycles. The second kappa shape index (κ2) is 7.29. The number of nitrogens with one attached hydrogen (secondary N) is 1. The molecule has 1 amide bonds. The molecule has 0 aliphatic rings. The van der Waals surface area contributed by atoms with Crippen molar-refractivity contribution in [3.05, 3.63) is 29.3 Å². The summed E-state index contributed by atoms with van der Waals surface area (Å²) < 4.78 is 0. The zero-order chi connectivity index (χ0) is 15.3. The number of carbonyl (C=O) groups is 1. The Morgan fingerprint density at radius 2 is 1.95 bits per heavy atom. The van der Waals surface area contributed by atoms with Crippen LogP contribution in [0.15, 0.2) is 18.2 Å². The molecule has 4 heteroatoms. The molecule has 0 radical (unpaired) electrons. The number of hydrogen-bond donors (Lipinski definition) is 2. The molecule has 1 rings (SSSR count). The molecule has 1 aromatic rings. The van der Waals surface area contributed by atoms with Crippen LogP contribution in [0.5, 0.6) is 0 Å². The van der Waals surface area contributed by atoms with Crippen LogP contribution < -0.4 is 16.0 Å². The fourth-order valence-corrected chi connectivity index (χ4v) is 2.16. The summed E-state index contributed by atoms with van der Waals surface area (Å²) in [4.78, 5) is 13.4. The molecule has 4 nitrogen and oxygen atoms in total. The van der Waals surface area contributed by atoms with Gasteiger partial charge in [-0.15, -0.1) is 0 Å². The Bertz CT molecular complexity index is 455. The van der Waals surface area contributed by atoms with Crippen molar-refractivity contribution in [3.63, 3.8) is 0 Å². The van der Waals surface area contributed by atoms with Gasteiger partial charge in [0.1, 0.15) is 0 Å². The molecule has 0 atom stereocenters. The first kappa shape index (κ1) is 16.5. The van der Waals surface area contributed by atoms with Gasteiger partial charge in [0.15, 0.2) is 0 Å². The summed E-state index contributed by atoms with van der Waals surface area (Å²) in [6.45, 7) is 11.5. The van der Waals surface area contributed by atoms with E-state index in [-0.39, 0.29) is 18.5 Å². The van der Waals surface area contributed by atoms with E-state index < -0.39 is 0 Å². The highest BCUT2D eigenvalue weighted by atomic mass is 16.1. The van der Waals surface area contributed by atoms with Crippen LogP contribution in [0.2, 0.25) is 0 Å². The Balaban J connectivity index is 3.09. The van der Waals surface area contributed by atoms with E-state index in [0.717, 1.165) is 12.2 Å². The van der Waals surface area contributed by atoms with Gasteiger partial charge in [-0.25, -0.2) is 0 Å². The van der Waals surface area contributed by atoms with Crippen LogP contribution in [0.3, 0.4) is 0 Å². The summed E-state index contributed by atoms with van der Waals surface area (Å²) in [7, 11) is 0. The molecule has 0 unspecified atom stereocenters. The minimum absolute atomic E-state index is 0.225. The number of hydrogen-bond acceptors (Lipinski definition) is 3. The molecule has 112 valence electrons. The van der Waals surface area contributed by atoms with E-state index in [0.29, 0.717) is 6.04 Å². The van der Waals surface area contributed by atoms with Crippen LogP contribution in [0.1, 0.15) is 38.8 Å². The number of benzene rings is 1. The van der Waals surface area contributed by atoms with Crippen LogP contribution in [0, 0.1) is 6.92 Å². The third kappa shape index (κ3) is 4.85. The summed E-state index contributed by atoms with van der Waals surface area (Å²) in [6.07, 6.45) is 0. The van der Waals surface area contributed by atoms with Gasteiger partial charge < -0.3 is 16.0 Å². The van der Waals surface area contributed by atoms with Crippen LogP contribution in [-0.4, -0.2) is 24.5 Å². The van der Waals surface area contributed by atoms with Crippen molar-refractivity contribution in [2.75, 3.05) is 11.4 Å². The van der Waals surface area contributed by atoms with Crippen LogP contribution >= 0.6 is 0 Å². The highest BCUT2D eigenvalue weighted by Crippen LogP contribution is 2.24. The maximum atomic E-state index is 11.3. The predicted octanol–water partition coefficient (Wildman–Crippen LogP) is 2.19. The number of nitrogens with two attached hydrogens (primary N) is 1. The molecule has 0 aliphatic carbocycles. The highest BCUT2D eigenvalue weighted by molar-refractivity contribution is 5.80. The minimum Gasteiger partial charge on any atom is -0.368 e. The summed E-state index contributed by atoms with van der Waals surface area (Å²) in [5.41, 5.74) is 8.88. The van der Waals surface area contributed by atoms with Crippen molar-refractivity contribution in [3.8, 4) is 0 Å². The SMILES string of the molecule is Cc1ccc(N(CC(N)=O)C(C)C)c(CNC(C)C)c1. The summed E-state index contributed by atoms with van der Waals surface area (Å²) in [5, 5.41) is 3.43. The van der Waals surface area contributed by atoms with Gasteiger partial charge in [-0.1, -0.05) is 31.5 Å². The topological polar surface area (TPSA) is 58.4 Å². The first-order valence-corrected chi connectivity index (χ1v) is 7.19. The molecule has 3 N–H and O–H groups in total. The van der Waals surface area contributed by atoms with Crippen molar-refractivity contribution in [1.29, 1.82) is 0 Å². The van der Waals surface area contributed by atoms with Crippen LogP contribution in [0.4, 0.5) is 5.69 Å². The highest BCUT2D eigenvalue weighted by Gasteiger charge is 2.16. The Morgan fingerprint density at radius 1 is 1.30 bits per heavy atom. The number of rotatable bonds is 7. The molecule has 0 heterocycles. The van der Waals surface area contributed by atoms with Gasteiger partial charge in [0, 0.05) is 24.3 Å². The van der Waals surface area contributed by atoms with E-state index in [1.165, 1.54) is 11.1 Å². The number of amides is 1. The van der Waals surface area contributed by atoms with Gasteiger partial charge in [0.05, 0.1) is 6.54 Å².